The Bertz CT molecular complexity index is 173. The lowest BCUT2D eigenvalue weighted by Gasteiger charge is -2.48. The van der Waals surface area contributed by atoms with Crippen molar-refractivity contribution < 1.29 is 9.84 Å². The highest BCUT2D eigenvalue weighted by atomic mass is 16.5. The van der Waals surface area contributed by atoms with Crippen LogP contribution in [0.3, 0.4) is 0 Å². The van der Waals surface area contributed by atoms with E-state index in [4.69, 9.17) is 4.74 Å². The number of ether oxygens (including phenoxy) is 1. The highest BCUT2D eigenvalue weighted by Gasteiger charge is 2.48. The Balaban J connectivity index is 1.74. The highest BCUT2D eigenvalue weighted by Crippen LogP contribution is 2.43. The van der Waals surface area contributed by atoms with Gasteiger partial charge in [0, 0.05) is 18.4 Å². The summed E-state index contributed by atoms with van der Waals surface area (Å²) in [6.07, 6.45) is 3.67. The van der Waals surface area contributed by atoms with Gasteiger partial charge in [-0.25, -0.2) is 0 Å². The van der Waals surface area contributed by atoms with Gasteiger partial charge >= 0.3 is 0 Å². The van der Waals surface area contributed by atoms with E-state index in [1.165, 1.54) is 12.8 Å². The standard InChI is InChI=1S/C10H18O2/c1-10(2)8(11)5-9(10)12-6-7-3-4-7/h7-9,11H,3-6H2,1-2H3. The fourth-order valence-corrected chi connectivity index (χ4v) is 1.68. The smallest absolute Gasteiger partial charge is 0.0675 e. The lowest BCUT2D eigenvalue weighted by Crippen LogP contribution is -2.54. The van der Waals surface area contributed by atoms with Gasteiger partial charge in [-0.15, -0.1) is 0 Å². The Hall–Kier alpha value is -0.0800. The summed E-state index contributed by atoms with van der Waals surface area (Å²) in [5.41, 5.74) is -0.00507. The number of aliphatic hydroxyl groups is 1. The molecular formula is C10H18O2. The quantitative estimate of drug-likeness (QED) is 0.696. The van der Waals surface area contributed by atoms with Crippen molar-refractivity contribution in [1.82, 2.24) is 0 Å². The molecule has 2 nitrogen and oxygen atoms in total. The van der Waals surface area contributed by atoms with Crippen molar-refractivity contribution in [2.45, 2.75) is 45.3 Å². The van der Waals surface area contributed by atoms with Gasteiger partial charge in [-0.1, -0.05) is 13.8 Å². The fourth-order valence-electron chi connectivity index (χ4n) is 1.68. The molecule has 0 aromatic heterocycles. The summed E-state index contributed by atoms with van der Waals surface area (Å²) >= 11 is 0. The van der Waals surface area contributed by atoms with Crippen LogP contribution in [0.25, 0.3) is 0 Å². The average molecular weight is 170 g/mol. The summed E-state index contributed by atoms with van der Waals surface area (Å²) in [5.74, 6) is 0.832. The zero-order valence-electron chi connectivity index (χ0n) is 7.92. The minimum atomic E-state index is -0.151. The molecule has 0 bridgehead atoms. The minimum absolute atomic E-state index is 0.00507. The Morgan fingerprint density at radius 3 is 2.50 bits per heavy atom. The summed E-state index contributed by atoms with van der Waals surface area (Å²) < 4.78 is 5.73. The van der Waals surface area contributed by atoms with E-state index in [1.54, 1.807) is 0 Å². The average Bonchev–Trinajstić information content (AvgIpc) is 2.80. The van der Waals surface area contributed by atoms with Crippen molar-refractivity contribution in [2.24, 2.45) is 11.3 Å². The molecular weight excluding hydrogens is 152 g/mol. The molecule has 1 N–H and O–H groups in total. The van der Waals surface area contributed by atoms with Crippen LogP contribution in [0, 0.1) is 11.3 Å². The molecule has 0 saturated heterocycles. The summed E-state index contributed by atoms with van der Waals surface area (Å²) in [6.45, 7) is 5.08. The SMILES string of the molecule is CC1(C)C(O)CC1OCC1CC1. The number of hydrogen-bond acceptors (Lipinski definition) is 2. The van der Waals surface area contributed by atoms with E-state index in [2.05, 4.69) is 13.8 Å². The minimum Gasteiger partial charge on any atom is -0.392 e. The molecule has 70 valence electrons. The van der Waals surface area contributed by atoms with Gasteiger partial charge in [0.2, 0.25) is 0 Å². The van der Waals surface area contributed by atoms with Crippen LogP contribution < -0.4 is 0 Å². The van der Waals surface area contributed by atoms with Crippen LogP contribution in [0.5, 0.6) is 0 Å². The van der Waals surface area contributed by atoms with Gasteiger partial charge in [0.05, 0.1) is 12.2 Å². The molecule has 12 heavy (non-hydrogen) atoms. The molecule has 2 unspecified atom stereocenters. The van der Waals surface area contributed by atoms with Crippen molar-refractivity contribution in [3.8, 4) is 0 Å². The van der Waals surface area contributed by atoms with Crippen LogP contribution in [0.1, 0.15) is 33.1 Å². The van der Waals surface area contributed by atoms with Crippen molar-refractivity contribution in [1.29, 1.82) is 0 Å². The highest BCUT2D eigenvalue weighted by molar-refractivity contribution is 4.98. The van der Waals surface area contributed by atoms with Gasteiger partial charge < -0.3 is 9.84 Å². The predicted molar refractivity (Wildman–Crippen MR) is 46.9 cm³/mol. The topological polar surface area (TPSA) is 29.5 Å². The van der Waals surface area contributed by atoms with E-state index in [-0.39, 0.29) is 11.5 Å². The molecule has 0 amide bonds. The van der Waals surface area contributed by atoms with E-state index < -0.39 is 0 Å². The first-order valence-electron chi connectivity index (χ1n) is 4.90. The first-order chi connectivity index (χ1) is 5.60. The second-order valence-electron chi connectivity index (χ2n) is 4.84. The van der Waals surface area contributed by atoms with Crippen LogP contribution in [0.15, 0.2) is 0 Å². The molecule has 2 aliphatic rings. The molecule has 0 aromatic rings. The van der Waals surface area contributed by atoms with Crippen molar-refractivity contribution >= 4 is 0 Å². The largest absolute Gasteiger partial charge is 0.392 e. The van der Waals surface area contributed by atoms with Crippen molar-refractivity contribution in [3.63, 3.8) is 0 Å². The van der Waals surface area contributed by atoms with E-state index in [9.17, 15) is 5.11 Å². The molecule has 0 heterocycles. The molecule has 0 aromatic carbocycles. The normalized spacial score (nSPS) is 39.2. The maximum absolute atomic E-state index is 9.45. The van der Waals surface area contributed by atoms with Crippen LogP contribution in [-0.2, 0) is 4.74 Å². The van der Waals surface area contributed by atoms with Crippen molar-refractivity contribution in [2.75, 3.05) is 6.61 Å². The Morgan fingerprint density at radius 1 is 1.42 bits per heavy atom. The first kappa shape index (κ1) is 8.52. The molecule has 2 aliphatic carbocycles. The molecule has 0 radical (unpaired) electrons. The first-order valence-corrected chi connectivity index (χ1v) is 4.90. The lowest BCUT2D eigenvalue weighted by molar-refractivity contribution is -0.176. The summed E-state index contributed by atoms with van der Waals surface area (Å²) in [7, 11) is 0. The van der Waals surface area contributed by atoms with Crippen molar-refractivity contribution in [3.05, 3.63) is 0 Å². The maximum Gasteiger partial charge on any atom is 0.0675 e. The molecule has 2 fully saturated rings. The fraction of sp³-hybridized carbons (Fsp3) is 1.00. The molecule has 2 atom stereocenters. The second-order valence-corrected chi connectivity index (χ2v) is 4.84. The van der Waals surface area contributed by atoms with Crippen LogP contribution >= 0.6 is 0 Å². The van der Waals surface area contributed by atoms with Gasteiger partial charge in [-0.3, -0.25) is 0 Å². The molecule has 0 spiro atoms. The second kappa shape index (κ2) is 2.71. The monoisotopic (exact) mass is 170 g/mol. The third-order valence-corrected chi connectivity index (χ3v) is 3.36. The van der Waals surface area contributed by atoms with E-state index in [1.807, 2.05) is 0 Å². The molecule has 0 aliphatic heterocycles. The van der Waals surface area contributed by atoms with Crippen LogP contribution in [-0.4, -0.2) is 23.9 Å². The predicted octanol–water partition coefficient (Wildman–Crippen LogP) is 1.57. The number of hydrogen-bond donors (Lipinski definition) is 1. The van der Waals surface area contributed by atoms with Gasteiger partial charge in [0.15, 0.2) is 0 Å². The zero-order valence-corrected chi connectivity index (χ0v) is 7.92. The van der Waals surface area contributed by atoms with Gasteiger partial charge in [0.1, 0.15) is 0 Å². The van der Waals surface area contributed by atoms with Crippen LogP contribution in [0.2, 0.25) is 0 Å². The maximum atomic E-state index is 9.45. The Labute approximate surface area is 73.9 Å². The third kappa shape index (κ3) is 1.38. The zero-order chi connectivity index (χ0) is 8.77. The van der Waals surface area contributed by atoms with E-state index in [0.717, 1.165) is 18.9 Å². The third-order valence-electron chi connectivity index (χ3n) is 3.36. The van der Waals surface area contributed by atoms with E-state index >= 15 is 0 Å². The molecule has 2 heteroatoms. The Kier molecular flexibility index (Phi) is 1.92. The van der Waals surface area contributed by atoms with Gasteiger partial charge in [-0.05, 0) is 18.8 Å². The van der Waals surface area contributed by atoms with Crippen LogP contribution in [0.4, 0.5) is 0 Å². The van der Waals surface area contributed by atoms with Gasteiger partial charge in [-0.2, -0.15) is 0 Å². The summed E-state index contributed by atoms with van der Waals surface area (Å²) in [6, 6.07) is 0. The number of rotatable bonds is 3. The molecule has 2 rings (SSSR count). The Morgan fingerprint density at radius 2 is 2.08 bits per heavy atom. The van der Waals surface area contributed by atoms with Gasteiger partial charge in [0.25, 0.3) is 0 Å². The summed E-state index contributed by atoms with van der Waals surface area (Å²) in [4.78, 5) is 0. The lowest BCUT2D eigenvalue weighted by atomic mass is 9.66. The van der Waals surface area contributed by atoms with E-state index in [0.29, 0.717) is 6.10 Å². The summed E-state index contributed by atoms with van der Waals surface area (Å²) in [5, 5.41) is 9.45. The number of aliphatic hydroxyl groups excluding tert-OH is 1. The molecule has 2 saturated carbocycles.